The van der Waals surface area contributed by atoms with Crippen molar-refractivity contribution in [2.24, 2.45) is 0 Å². The SMILES string of the molecule is CCCCCc1cc(O)c(C2C=C(C)CCC2)c(OP2(=O)OCCC(c3ccncc3)O2)c1. The van der Waals surface area contributed by atoms with E-state index < -0.39 is 13.9 Å². The van der Waals surface area contributed by atoms with Crippen molar-refractivity contribution < 1.29 is 23.2 Å². The van der Waals surface area contributed by atoms with Crippen molar-refractivity contribution >= 4 is 7.82 Å². The zero-order valence-electron chi connectivity index (χ0n) is 19.5. The Morgan fingerprint density at radius 2 is 2.03 bits per heavy atom. The molecule has 4 rings (SSSR count). The first-order chi connectivity index (χ1) is 16.0. The van der Waals surface area contributed by atoms with Crippen LogP contribution < -0.4 is 4.52 Å². The topological polar surface area (TPSA) is 77.9 Å². The van der Waals surface area contributed by atoms with Crippen LogP contribution in [0.15, 0.2) is 48.3 Å². The van der Waals surface area contributed by atoms with E-state index in [-0.39, 0.29) is 18.3 Å². The molecule has 1 aromatic heterocycles. The average molecular weight is 472 g/mol. The Hall–Kier alpha value is -2.14. The van der Waals surface area contributed by atoms with E-state index in [9.17, 15) is 9.67 Å². The molecule has 2 heterocycles. The van der Waals surface area contributed by atoms with Crippen molar-refractivity contribution in [1.29, 1.82) is 0 Å². The number of phosphoric acid groups is 1. The Morgan fingerprint density at radius 1 is 1.21 bits per heavy atom. The second-order valence-corrected chi connectivity index (χ2v) is 10.6. The quantitative estimate of drug-likeness (QED) is 0.246. The minimum Gasteiger partial charge on any atom is -0.507 e. The molecule has 1 aliphatic heterocycles. The first kappa shape index (κ1) is 24.0. The van der Waals surface area contributed by atoms with Gasteiger partial charge in [-0.05, 0) is 74.4 Å². The highest BCUT2D eigenvalue weighted by Gasteiger charge is 2.39. The third-order valence-electron chi connectivity index (χ3n) is 6.37. The number of nitrogens with zero attached hydrogens (tertiary/aromatic N) is 1. The van der Waals surface area contributed by atoms with Crippen LogP contribution in [0.4, 0.5) is 0 Å². The first-order valence-corrected chi connectivity index (χ1v) is 13.5. The van der Waals surface area contributed by atoms with Gasteiger partial charge in [0.05, 0.1) is 12.7 Å². The summed E-state index contributed by atoms with van der Waals surface area (Å²) in [6.07, 6.45) is 12.8. The molecule has 0 spiro atoms. The molecule has 3 unspecified atom stereocenters. The Morgan fingerprint density at radius 3 is 2.79 bits per heavy atom. The fourth-order valence-electron chi connectivity index (χ4n) is 4.66. The van der Waals surface area contributed by atoms with Crippen LogP contribution in [-0.2, 0) is 20.0 Å². The molecule has 2 aliphatic rings. The van der Waals surface area contributed by atoms with Crippen LogP contribution in [-0.4, -0.2) is 16.7 Å². The van der Waals surface area contributed by atoms with Crippen molar-refractivity contribution in [1.82, 2.24) is 4.98 Å². The van der Waals surface area contributed by atoms with Gasteiger partial charge in [-0.2, -0.15) is 0 Å². The van der Waals surface area contributed by atoms with Crippen LogP contribution >= 0.6 is 7.82 Å². The van der Waals surface area contributed by atoms with Crippen LogP contribution in [0.2, 0.25) is 0 Å². The molecule has 33 heavy (non-hydrogen) atoms. The lowest BCUT2D eigenvalue weighted by Gasteiger charge is -2.30. The second kappa shape index (κ2) is 10.9. The van der Waals surface area contributed by atoms with Crippen LogP contribution in [0.3, 0.4) is 0 Å². The number of aromatic hydroxyl groups is 1. The van der Waals surface area contributed by atoms with Gasteiger partial charge in [0.15, 0.2) is 0 Å². The highest BCUT2D eigenvalue weighted by atomic mass is 31.2. The number of hydrogen-bond acceptors (Lipinski definition) is 6. The largest absolute Gasteiger partial charge is 0.530 e. The summed E-state index contributed by atoms with van der Waals surface area (Å²) in [6.45, 7) is 4.54. The molecule has 1 N–H and O–H groups in total. The summed E-state index contributed by atoms with van der Waals surface area (Å²) in [6, 6.07) is 7.43. The summed E-state index contributed by atoms with van der Waals surface area (Å²) in [5.41, 5.74) is 3.81. The fourth-order valence-corrected chi connectivity index (χ4v) is 6.08. The molecule has 1 fully saturated rings. The van der Waals surface area contributed by atoms with Crippen molar-refractivity contribution in [3.63, 3.8) is 0 Å². The summed E-state index contributed by atoms with van der Waals surface area (Å²) in [5.74, 6) is 0.589. The van der Waals surface area contributed by atoms with E-state index in [1.54, 1.807) is 12.4 Å². The predicted octanol–water partition coefficient (Wildman–Crippen LogP) is 7.40. The second-order valence-electron chi connectivity index (χ2n) is 9.03. The Bertz CT molecular complexity index is 1020. The van der Waals surface area contributed by atoms with Crippen molar-refractivity contribution in [2.45, 2.75) is 77.2 Å². The molecule has 1 aliphatic carbocycles. The number of rotatable bonds is 8. The van der Waals surface area contributed by atoms with Crippen molar-refractivity contribution in [2.75, 3.05) is 6.61 Å². The lowest BCUT2D eigenvalue weighted by atomic mass is 9.84. The minimum absolute atomic E-state index is 0.00540. The number of unbranched alkanes of at least 4 members (excludes halogenated alkanes) is 2. The highest BCUT2D eigenvalue weighted by molar-refractivity contribution is 7.49. The molecular formula is C26H34NO5P. The van der Waals surface area contributed by atoms with Gasteiger partial charge in [-0.3, -0.25) is 14.0 Å². The molecule has 6 nitrogen and oxygen atoms in total. The molecule has 2 aromatic rings. The van der Waals surface area contributed by atoms with E-state index >= 15 is 0 Å². The lowest BCUT2D eigenvalue weighted by Crippen LogP contribution is -2.17. The normalized spacial score (nSPS) is 25.5. The van der Waals surface area contributed by atoms with Gasteiger partial charge in [-0.1, -0.05) is 31.4 Å². The van der Waals surface area contributed by atoms with Crippen LogP contribution in [0.1, 0.15) is 87.5 Å². The number of benzene rings is 1. The summed E-state index contributed by atoms with van der Waals surface area (Å²) in [7, 11) is -3.87. The van der Waals surface area contributed by atoms with Crippen LogP contribution in [0, 0.1) is 0 Å². The summed E-state index contributed by atoms with van der Waals surface area (Å²) < 4.78 is 31.1. The van der Waals surface area contributed by atoms with Gasteiger partial charge < -0.3 is 9.63 Å². The number of hydrogen-bond donors (Lipinski definition) is 1. The van der Waals surface area contributed by atoms with Crippen molar-refractivity contribution in [3.8, 4) is 11.5 Å². The van der Waals surface area contributed by atoms with E-state index in [0.29, 0.717) is 17.7 Å². The summed E-state index contributed by atoms with van der Waals surface area (Å²) in [5, 5.41) is 11.0. The van der Waals surface area contributed by atoms with Gasteiger partial charge in [0, 0.05) is 30.3 Å². The van der Waals surface area contributed by atoms with E-state index in [1.165, 1.54) is 5.57 Å². The van der Waals surface area contributed by atoms with Gasteiger partial charge in [-0.25, -0.2) is 4.57 Å². The summed E-state index contributed by atoms with van der Waals surface area (Å²) in [4.78, 5) is 4.04. The smallest absolute Gasteiger partial charge is 0.507 e. The fraction of sp³-hybridized carbons (Fsp3) is 0.500. The Kier molecular flexibility index (Phi) is 7.90. The zero-order valence-corrected chi connectivity index (χ0v) is 20.4. The first-order valence-electron chi connectivity index (χ1n) is 12.0. The number of phenols is 1. The number of aromatic nitrogens is 1. The molecule has 3 atom stereocenters. The number of aryl methyl sites for hydroxylation is 1. The van der Waals surface area contributed by atoms with E-state index in [0.717, 1.165) is 56.1 Å². The molecule has 1 aromatic carbocycles. The molecule has 0 amide bonds. The van der Waals surface area contributed by atoms with Gasteiger partial charge in [0.1, 0.15) is 11.5 Å². The van der Waals surface area contributed by atoms with Crippen LogP contribution in [0.5, 0.6) is 11.5 Å². The lowest BCUT2D eigenvalue weighted by molar-refractivity contribution is 0.0507. The maximum absolute atomic E-state index is 13.6. The van der Waals surface area contributed by atoms with Gasteiger partial charge >= 0.3 is 7.82 Å². The van der Waals surface area contributed by atoms with Crippen molar-refractivity contribution in [3.05, 3.63) is 65.0 Å². The summed E-state index contributed by atoms with van der Waals surface area (Å²) >= 11 is 0. The number of phenolic OH excluding ortho intramolecular Hbond substituents is 1. The number of pyridine rings is 1. The third-order valence-corrected chi connectivity index (χ3v) is 7.80. The zero-order chi connectivity index (χ0) is 23.3. The predicted molar refractivity (Wildman–Crippen MR) is 129 cm³/mol. The molecule has 178 valence electrons. The molecule has 0 radical (unpaired) electrons. The molecule has 1 saturated heterocycles. The Balaban J connectivity index is 1.65. The van der Waals surface area contributed by atoms with Gasteiger partial charge in [-0.15, -0.1) is 0 Å². The molecule has 0 saturated carbocycles. The van der Waals surface area contributed by atoms with Crippen LogP contribution in [0.25, 0.3) is 0 Å². The van der Waals surface area contributed by atoms with E-state index in [2.05, 4.69) is 24.9 Å². The van der Waals surface area contributed by atoms with E-state index in [1.807, 2.05) is 24.3 Å². The van der Waals surface area contributed by atoms with Gasteiger partial charge in [0.2, 0.25) is 0 Å². The minimum atomic E-state index is -3.87. The van der Waals surface area contributed by atoms with E-state index in [4.69, 9.17) is 13.6 Å². The number of phosphoric ester groups is 1. The standard InChI is InChI=1S/C26H34NO5P/c1-3-4-5-8-20-17-23(28)26(22-9-6-7-19(2)16-22)25(18-20)32-33(29)30-15-12-24(31-33)21-10-13-27-14-11-21/h10-11,13-14,16-18,22,24,28H,3-9,12,15H2,1-2H3. The third kappa shape index (κ3) is 6.06. The number of allylic oxidation sites excluding steroid dienone is 2. The maximum atomic E-state index is 13.6. The molecule has 0 bridgehead atoms. The van der Waals surface area contributed by atoms with Gasteiger partial charge in [0.25, 0.3) is 0 Å². The molecule has 7 heteroatoms. The monoisotopic (exact) mass is 471 g/mol. The average Bonchev–Trinajstić information content (AvgIpc) is 2.79. The Labute approximate surface area is 196 Å². The highest BCUT2D eigenvalue weighted by Crippen LogP contribution is 2.58. The molecular weight excluding hydrogens is 437 g/mol. The maximum Gasteiger partial charge on any atom is 0.530 e.